The Morgan fingerprint density at radius 1 is 0.354 bits per heavy atom. The molecular formula is C48H46. The van der Waals surface area contributed by atoms with Gasteiger partial charge in [-0.15, -0.1) is 0 Å². The van der Waals surface area contributed by atoms with E-state index in [1.807, 2.05) is 0 Å². The van der Waals surface area contributed by atoms with E-state index in [-0.39, 0.29) is 0 Å². The van der Waals surface area contributed by atoms with Crippen LogP contribution in [0.2, 0.25) is 0 Å². The Kier molecular flexibility index (Phi) is 8.58. The number of hydrogen-bond acceptors (Lipinski definition) is 0. The van der Waals surface area contributed by atoms with Gasteiger partial charge in [-0.25, -0.2) is 0 Å². The van der Waals surface area contributed by atoms with Crippen molar-refractivity contribution < 1.29 is 0 Å². The van der Waals surface area contributed by atoms with Gasteiger partial charge >= 0.3 is 0 Å². The minimum Gasteiger partial charge on any atom is -0.0654 e. The van der Waals surface area contributed by atoms with Crippen LogP contribution in [-0.4, -0.2) is 0 Å². The van der Waals surface area contributed by atoms with Crippen molar-refractivity contribution in [1.82, 2.24) is 0 Å². The molecule has 0 unspecified atom stereocenters. The molecule has 0 saturated heterocycles. The van der Waals surface area contributed by atoms with E-state index in [0.29, 0.717) is 0 Å². The summed E-state index contributed by atoms with van der Waals surface area (Å²) in [4.78, 5) is 0. The van der Waals surface area contributed by atoms with Crippen LogP contribution in [0.4, 0.5) is 0 Å². The normalized spacial score (nSPS) is 12.0. The average molecular weight is 623 g/mol. The second-order valence-electron chi connectivity index (χ2n) is 14.0. The number of benzene rings is 8. The SMILES string of the molecule is CCCCCCc1ccc2ccccc2c1-c1cc2ccc3cc(-c4c(CCCCCC)ccc5ccccc45)cc4ccc(c1)c2c34. The minimum absolute atomic E-state index is 1.13. The standard InChI is InChI=1S/C48H46/c1-3-5-7-9-17-35-23-21-33-15-11-13-19-43(33)45(35)41-29-37-25-27-39-31-42(32-40-28-26-38(30-41)47(37)48(39)40)46-36(18-10-8-6-4-2)24-22-34-16-12-14-20-44(34)46/h11-16,19-32H,3-10,17-18H2,1-2H3. The molecule has 0 aliphatic rings. The molecule has 0 aliphatic heterocycles. The highest BCUT2D eigenvalue weighted by Gasteiger charge is 2.17. The zero-order valence-electron chi connectivity index (χ0n) is 28.6. The zero-order valence-corrected chi connectivity index (χ0v) is 28.6. The van der Waals surface area contributed by atoms with Crippen LogP contribution in [0.5, 0.6) is 0 Å². The molecule has 238 valence electrons. The molecule has 0 atom stereocenters. The number of rotatable bonds is 12. The van der Waals surface area contributed by atoms with Gasteiger partial charge in [-0.3, -0.25) is 0 Å². The van der Waals surface area contributed by atoms with Crippen LogP contribution in [0.15, 0.2) is 121 Å². The molecule has 0 fully saturated rings. The molecule has 0 aromatic heterocycles. The van der Waals surface area contributed by atoms with Crippen molar-refractivity contribution in [2.24, 2.45) is 0 Å². The Morgan fingerprint density at radius 2 is 0.729 bits per heavy atom. The Bertz CT molecular complexity index is 2140. The van der Waals surface area contributed by atoms with Gasteiger partial charge in [-0.1, -0.05) is 149 Å². The lowest BCUT2D eigenvalue weighted by atomic mass is 9.85. The summed E-state index contributed by atoms with van der Waals surface area (Å²) in [6.07, 6.45) is 12.5. The van der Waals surface area contributed by atoms with Crippen molar-refractivity contribution in [3.8, 4) is 22.3 Å². The summed E-state index contributed by atoms with van der Waals surface area (Å²) in [5.41, 5.74) is 8.46. The maximum Gasteiger partial charge on any atom is -0.00264 e. The fraction of sp³-hybridized carbons (Fsp3) is 0.250. The van der Waals surface area contributed by atoms with Crippen LogP contribution in [0.1, 0.15) is 76.3 Å². The Hall–Kier alpha value is -4.68. The maximum absolute atomic E-state index is 2.46. The lowest BCUT2D eigenvalue weighted by Crippen LogP contribution is -1.95. The van der Waals surface area contributed by atoms with Gasteiger partial charge in [0, 0.05) is 0 Å². The third-order valence-electron chi connectivity index (χ3n) is 10.7. The van der Waals surface area contributed by atoms with E-state index in [1.54, 1.807) is 0 Å². The first-order valence-corrected chi connectivity index (χ1v) is 18.5. The molecule has 0 radical (unpaired) electrons. The molecule has 0 bridgehead atoms. The first-order chi connectivity index (χ1) is 23.7. The molecular weight excluding hydrogens is 577 g/mol. The van der Waals surface area contributed by atoms with Gasteiger partial charge in [0.05, 0.1) is 0 Å². The van der Waals surface area contributed by atoms with E-state index in [9.17, 15) is 0 Å². The predicted molar refractivity (Wildman–Crippen MR) is 212 cm³/mol. The van der Waals surface area contributed by atoms with Gasteiger partial charge in [0.15, 0.2) is 0 Å². The van der Waals surface area contributed by atoms with Gasteiger partial charge in [0.25, 0.3) is 0 Å². The number of unbranched alkanes of at least 4 members (excludes halogenated alkanes) is 6. The average Bonchev–Trinajstić information content (AvgIpc) is 3.13. The predicted octanol–water partition coefficient (Wildman–Crippen LogP) is 14.5. The van der Waals surface area contributed by atoms with Crippen LogP contribution in [0.3, 0.4) is 0 Å². The first kappa shape index (κ1) is 30.6. The van der Waals surface area contributed by atoms with E-state index in [4.69, 9.17) is 0 Å². The van der Waals surface area contributed by atoms with Crippen molar-refractivity contribution in [2.75, 3.05) is 0 Å². The lowest BCUT2D eigenvalue weighted by molar-refractivity contribution is 0.667. The topological polar surface area (TPSA) is 0 Å². The number of aryl methyl sites for hydroxylation is 2. The molecule has 0 heteroatoms. The van der Waals surface area contributed by atoms with Crippen molar-refractivity contribution in [2.45, 2.75) is 78.1 Å². The minimum atomic E-state index is 1.13. The second-order valence-corrected chi connectivity index (χ2v) is 14.0. The highest BCUT2D eigenvalue weighted by Crippen LogP contribution is 2.43. The summed E-state index contributed by atoms with van der Waals surface area (Å²) in [6.45, 7) is 4.59. The summed E-state index contributed by atoms with van der Waals surface area (Å²) in [5, 5.41) is 13.5. The van der Waals surface area contributed by atoms with Crippen molar-refractivity contribution in [3.05, 3.63) is 132 Å². The summed E-state index contributed by atoms with van der Waals surface area (Å²) < 4.78 is 0. The van der Waals surface area contributed by atoms with E-state index in [2.05, 4.69) is 135 Å². The fourth-order valence-corrected chi connectivity index (χ4v) is 8.34. The second kappa shape index (κ2) is 13.4. The summed E-state index contributed by atoms with van der Waals surface area (Å²) >= 11 is 0. The van der Waals surface area contributed by atoms with E-state index >= 15 is 0 Å². The Morgan fingerprint density at radius 3 is 1.12 bits per heavy atom. The van der Waals surface area contributed by atoms with Crippen LogP contribution < -0.4 is 0 Å². The molecule has 0 saturated carbocycles. The monoisotopic (exact) mass is 622 g/mol. The Labute approximate surface area is 285 Å². The molecule has 0 aliphatic carbocycles. The molecule has 48 heavy (non-hydrogen) atoms. The molecule has 8 rings (SSSR count). The van der Waals surface area contributed by atoms with Crippen molar-refractivity contribution >= 4 is 53.9 Å². The zero-order chi connectivity index (χ0) is 32.5. The van der Waals surface area contributed by atoms with Crippen LogP contribution >= 0.6 is 0 Å². The Balaban J connectivity index is 1.27. The molecule has 0 spiro atoms. The van der Waals surface area contributed by atoms with Gasteiger partial charge in [0.2, 0.25) is 0 Å². The summed E-state index contributed by atoms with van der Waals surface area (Å²) in [6, 6.07) is 46.6. The largest absolute Gasteiger partial charge is 0.0654 e. The van der Waals surface area contributed by atoms with Crippen molar-refractivity contribution in [3.63, 3.8) is 0 Å². The van der Waals surface area contributed by atoms with Crippen LogP contribution in [0, 0.1) is 0 Å². The van der Waals surface area contributed by atoms with Gasteiger partial charge in [-0.05, 0) is 137 Å². The van der Waals surface area contributed by atoms with Gasteiger partial charge < -0.3 is 0 Å². The van der Waals surface area contributed by atoms with Crippen LogP contribution in [-0.2, 0) is 12.8 Å². The van der Waals surface area contributed by atoms with Gasteiger partial charge in [-0.2, -0.15) is 0 Å². The molecule has 0 nitrogen and oxygen atoms in total. The molecule has 0 amide bonds. The third-order valence-corrected chi connectivity index (χ3v) is 10.7. The first-order valence-electron chi connectivity index (χ1n) is 18.5. The van der Waals surface area contributed by atoms with E-state index < -0.39 is 0 Å². The highest BCUT2D eigenvalue weighted by atomic mass is 14.2. The summed E-state index contributed by atoms with van der Waals surface area (Å²) in [7, 11) is 0. The van der Waals surface area contributed by atoms with E-state index in [1.165, 1.54) is 139 Å². The maximum atomic E-state index is 2.46. The number of hydrogen-bond donors (Lipinski definition) is 0. The lowest BCUT2D eigenvalue weighted by Gasteiger charge is -2.19. The van der Waals surface area contributed by atoms with E-state index in [0.717, 1.165) is 12.8 Å². The third kappa shape index (κ3) is 5.62. The smallest absolute Gasteiger partial charge is 0.00264 e. The van der Waals surface area contributed by atoms with Gasteiger partial charge in [0.1, 0.15) is 0 Å². The molecule has 0 N–H and O–H groups in total. The molecule has 0 heterocycles. The quantitative estimate of drug-likeness (QED) is 0.0939. The fourth-order valence-electron chi connectivity index (χ4n) is 8.34. The highest BCUT2D eigenvalue weighted by molar-refractivity contribution is 6.25. The number of fused-ring (bicyclic) bond motifs is 2. The molecule has 8 aromatic carbocycles. The van der Waals surface area contributed by atoms with Crippen LogP contribution in [0.25, 0.3) is 76.1 Å². The summed E-state index contributed by atoms with van der Waals surface area (Å²) in [5.74, 6) is 0. The van der Waals surface area contributed by atoms with Crippen molar-refractivity contribution in [1.29, 1.82) is 0 Å². The molecule has 8 aromatic rings.